The highest BCUT2D eigenvalue weighted by atomic mass is 32.2. The summed E-state index contributed by atoms with van der Waals surface area (Å²) >= 11 is 1.49. The van der Waals surface area contributed by atoms with Crippen LogP contribution >= 0.6 is 11.8 Å². The molecule has 1 aliphatic heterocycles. The highest BCUT2D eigenvalue weighted by molar-refractivity contribution is 8.00. The fourth-order valence-electron chi connectivity index (χ4n) is 2.91. The molecule has 0 saturated carbocycles. The molecule has 0 fully saturated rings. The lowest BCUT2D eigenvalue weighted by molar-refractivity contribution is -0.117. The van der Waals surface area contributed by atoms with Crippen molar-refractivity contribution in [2.75, 3.05) is 29.6 Å². The first-order chi connectivity index (χ1) is 13.3. The number of aryl methyl sites for hydroxylation is 1. The Morgan fingerprint density at radius 3 is 2.71 bits per heavy atom. The van der Waals surface area contributed by atoms with Crippen molar-refractivity contribution in [3.8, 4) is 0 Å². The first kappa shape index (κ1) is 20.4. The molecule has 0 radical (unpaired) electrons. The Labute approximate surface area is 168 Å². The van der Waals surface area contributed by atoms with Crippen LogP contribution in [0.15, 0.2) is 52.3 Å². The molecule has 0 bridgehead atoms. The van der Waals surface area contributed by atoms with E-state index in [2.05, 4.69) is 10.0 Å². The normalized spacial score (nSPS) is 13.9. The van der Waals surface area contributed by atoms with E-state index in [9.17, 15) is 18.0 Å². The average molecular weight is 420 g/mol. The van der Waals surface area contributed by atoms with Crippen LogP contribution in [0.3, 0.4) is 0 Å². The molecular formula is C19H21N3O4S2. The monoisotopic (exact) mass is 419 g/mol. The SMILES string of the molecule is CNS(=O)(=O)c1cc(NC(=O)CCN2C(=O)CSc3ccccc32)ccc1C. The molecule has 0 aliphatic carbocycles. The standard InChI is InChI=1S/C19H21N3O4S2/c1-13-7-8-14(11-17(13)28(25,26)20-2)21-18(23)9-10-22-15-5-3-4-6-16(15)27-12-19(22)24/h3-8,11,20H,9-10,12H2,1-2H3,(H,21,23). The molecule has 0 unspecified atom stereocenters. The summed E-state index contributed by atoms with van der Waals surface area (Å²) in [4.78, 5) is 27.4. The molecular weight excluding hydrogens is 398 g/mol. The van der Waals surface area contributed by atoms with Gasteiger partial charge in [0.25, 0.3) is 0 Å². The smallest absolute Gasteiger partial charge is 0.240 e. The quantitative estimate of drug-likeness (QED) is 0.750. The summed E-state index contributed by atoms with van der Waals surface area (Å²) in [6, 6.07) is 12.3. The van der Waals surface area contributed by atoms with Gasteiger partial charge in [-0.3, -0.25) is 9.59 Å². The van der Waals surface area contributed by atoms with Crippen LogP contribution in [0.1, 0.15) is 12.0 Å². The van der Waals surface area contributed by atoms with Gasteiger partial charge < -0.3 is 10.2 Å². The lowest BCUT2D eigenvalue weighted by atomic mass is 10.2. The zero-order chi connectivity index (χ0) is 20.3. The summed E-state index contributed by atoms with van der Waals surface area (Å²) < 4.78 is 26.4. The molecule has 0 aromatic heterocycles. The molecule has 1 heterocycles. The van der Waals surface area contributed by atoms with Gasteiger partial charge in [-0.2, -0.15) is 0 Å². The van der Waals surface area contributed by atoms with E-state index in [0.717, 1.165) is 10.6 Å². The van der Waals surface area contributed by atoms with Crippen molar-refractivity contribution < 1.29 is 18.0 Å². The Morgan fingerprint density at radius 2 is 1.96 bits per heavy atom. The molecule has 1 aliphatic rings. The van der Waals surface area contributed by atoms with Crippen molar-refractivity contribution in [3.05, 3.63) is 48.0 Å². The Bertz CT molecular complexity index is 1020. The molecule has 0 saturated heterocycles. The zero-order valence-electron chi connectivity index (χ0n) is 15.6. The van der Waals surface area contributed by atoms with Crippen molar-refractivity contribution in [1.29, 1.82) is 0 Å². The van der Waals surface area contributed by atoms with Crippen molar-refractivity contribution in [2.45, 2.75) is 23.1 Å². The van der Waals surface area contributed by atoms with Crippen LogP contribution in [-0.2, 0) is 19.6 Å². The van der Waals surface area contributed by atoms with Crippen LogP contribution in [0.5, 0.6) is 0 Å². The second-order valence-corrected chi connectivity index (χ2v) is 9.16. The van der Waals surface area contributed by atoms with E-state index < -0.39 is 10.0 Å². The number of nitrogens with one attached hydrogen (secondary N) is 2. The minimum Gasteiger partial charge on any atom is -0.326 e. The van der Waals surface area contributed by atoms with Crippen LogP contribution in [0.2, 0.25) is 0 Å². The molecule has 0 spiro atoms. The number of sulfonamides is 1. The molecule has 2 amide bonds. The summed E-state index contributed by atoms with van der Waals surface area (Å²) in [5, 5.41) is 2.71. The highest BCUT2D eigenvalue weighted by Crippen LogP contribution is 2.34. The lowest BCUT2D eigenvalue weighted by Gasteiger charge is -2.28. The molecule has 148 valence electrons. The van der Waals surface area contributed by atoms with Gasteiger partial charge in [0.1, 0.15) is 0 Å². The summed E-state index contributed by atoms with van der Waals surface area (Å²) in [6.07, 6.45) is 0.104. The van der Waals surface area contributed by atoms with E-state index in [1.165, 1.54) is 24.9 Å². The van der Waals surface area contributed by atoms with E-state index in [4.69, 9.17) is 0 Å². The van der Waals surface area contributed by atoms with Crippen molar-refractivity contribution in [2.24, 2.45) is 0 Å². The number of nitrogens with zero attached hydrogens (tertiary/aromatic N) is 1. The zero-order valence-corrected chi connectivity index (χ0v) is 17.2. The van der Waals surface area contributed by atoms with Crippen LogP contribution in [0.25, 0.3) is 0 Å². The molecule has 9 heteroatoms. The number of anilines is 2. The summed E-state index contributed by atoms with van der Waals surface area (Å²) in [5.74, 6) is 0.0244. The summed E-state index contributed by atoms with van der Waals surface area (Å²) in [7, 11) is -2.27. The van der Waals surface area contributed by atoms with E-state index >= 15 is 0 Å². The largest absolute Gasteiger partial charge is 0.326 e. The average Bonchev–Trinajstić information content (AvgIpc) is 2.68. The molecule has 7 nitrogen and oxygen atoms in total. The van der Waals surface area contributed by atoms with Crippen molar-refractivity contribution >= 4 is 45.0 Å². The fourth-order valence-corrected chi connectivity index (χ4v) is 4.84. The number of hydrogen-bond acceptors (Lipinski definition) is 5. The number of thioether (sulfide) groups is 1. The van der Waals surface area contributed by atoms with Gasteiger partial charge in [0, 0.05) is 23.5 Å². The number of rotatable bonds is 6. The van der Waals surface area contributed by atoms with Crippen LogP contribution in [-0.4, -0.2) is 39.6 Å². The number of para-hydroxylation sites is 1. The molecule has 0 atom stereocenters. The number of benzene rings is 2. The maximum Gasteiger partial charge on any atom is 0.240 e. The van der Waals surface area contributed by atoms with Gasteiger partial charge >= 0.3 is 0 Å². The number of fused-ring (bicyclic) bond motifs is 1. The van der Waals surface area contributed by atoms with Gasteiger partial charge in [-0.15, -0.1) is 11.8 Å². The second-order valence-electron chi connectivity index (χ2n) is 6.29. The molecule has 2 aromatic carbocycles. The van der Waals surface area contributed by atoms with Crippen LogP contribution in [0.4, 0.5) is 11.4 Å². The predicted molar refractivity (Wildman–Crippen MR) is 110 cm³/mol. The Hall–Kier alpha value is -2.36. The van der Waals surface area contributed by atoms with Crippen molar-refractivity contribution in [3.63, 3.8) is 0 Å². The maximum absolute atomic E-state index is 12.4. The third kappa shape index (κ3) is 4.37. The second kappa shape index (κ2) is 8.34. The van der Waals surface area contributed by atoms with E-state index in [-0.39, 0.29) is 29.7 Å². The van der Waals surface area contributed by atoms with Gasteiger partial charge in [-0.25, -0.2) is 13.1 Å². The van der Waals surface area contributed by atoms with E-state index in [0.29, 0.717) is 17.0 Å². The molecule has 28 heavy (non-hydrogen) atoms. The van der Waals surface area contributed by atoms with Crippen LogP contribution in [0, 0.1) is 6.92 Å². The van der Waals surface area contributed by atoms with Gasteiger partial charge in [0.2, 0.25) is 21.8 Å². The molecule has 2 N–H and O–H groups in total. The molecule has 3 rings (SSSR count). The third-order valence-electron chi connectivity index (χ3n) is 4.40. The van der Waals surface area contributed by atoms with Crippen LogP contribution < -0.4 is 14.9 Å². The number of hydrogen-bond donors (Lipinski definition) is 2. The molecule has 2 aromatic rings. The van der Waals surface area contributed by atoms with Gasteiger partial charge in [-0.05, 0) is 43.8 Å². The number of carbonyl (C=O) groups is 2. The predicted octanol–water partition coefficient (Wildman–Crippen LogP) is 2.37. The summed E-state index contributed by atoms with van der Waals surface area (Å²) in [5.41, 5.74) is 1.79. The Balaban J connectivity index is 1.69. The first-order valence-corrected chi connectivity index (χ1v) is 11.1. The van der Waals surface area contributed by atoms with E-state index in [1.54, 1.807) is 24.0 Å². The summed E-state index contributed by atoms with van der Waals surface area (Å²) in [6.45, 7) is 1.95. The van der Waals surface area contributed by atoms with Gasteiger partial charge in [0.15, 0.2) is 0 Å². The third-order valence-corrected chi connectivity index (χ3v) is 7.00. The minimum atomic E-state index is -3.61. The number of carbonyl (C=O) groups excluding carboxylic acids is 2. The Morgan fingerprint density at radius 1 is 1.21 bits per heavy atom. The van der Waals surface area contributed by atoms with Gasteiger partial charge in [0.05, 0.1) is 16.3 Å². The highest BCUT2D eigenvalue weighted by Gasteiger charge is 2.24. The lowest BCUT2D eigenvalue weighted by Crippen LogP contribution is -2.37. The van der Waals surface area contributed by atoms with Gasteiger partial charge in [-0.1, -0.05) is 18.2 Å². The Kier molecular flexibility index (Phi) is 6.07. The number of amides is 2. The van der Waals surface area contributed by atoms with Crippen molar-refractivity contribution in [1.82, 2.24) is 4.72 Å². The first-order valence-electron chi connectivity index (χ1n) is 8.68. The minimum absolute atomic E-state index is 0.0331. The topological polar surface area (TPSA) is 95.6 Å². The maximum atomic E-state index is 12.4. The fraction of sp³-hybridized carbons (Fsp3) is 0.263. The van der Waals surface area contributed by atoms with E-state index in [1.807, 2.05) is 24.3 Å².